The number of halogens is 2. The Kier molecular flexibility index (Phi) is 5.23. The first-order chi connectivity index (χ1) is 5.97. The molecule has 0 aliphatic rings. The fraction of sp³-hybridized carbons (Fsp3) is 0.875. The van der Waals surface area contributed by atoms with Crippen molar-refractivity contribution in [3.05, 3.63) is 0 Å². The van der Waals surface area contributed by atoms with Gasteiger partial charge in [-0.3, -0.25) is 0 Å². The van der Waals surface area contributed by atoms with E-state index >= 15 is 0 Å². The summed E-state index contributed by atoms with van der Waals surface area (Å²) in [4.78, 5) is -1.03. The van der Waals surface area contributed by atoms with Crippen molar-refractivity contribution in [3.8, 4) is 6.07 Å². The van der Waals surface area contributed by atoms with Crippen LogP contribution in [0.15, 0.2) is 0 Å². The van der Waals surface area contributed by atoms with Gasteiger partial charge in [0.05, 0.1) is 10.9 Å². The number of nitriles is 1. The van der Waals surface area contributed by atoms with Crippen LogP contribution in [0.3, 0.4) is 0 Å². The van der Waals surface area contributed by atoms with Gasteiger partial charge in [0.1, 0.15) is 0 Å². The van der Waals surface area contributed by atoms with Gasteiger partial charge >= 0.3 is 0 Å². The first-order valence-corrected chi connectivity index (χ1v) is 4.14. The summed E-state index contributed by atoms with van der Waals surface area (Å²) >= 11 is 5.94. The smallest absolute Gasteiger partial charge is 0.188 e. The molecule has 0 saturated carbocycles. The third-order valence-electron chi connectivity index (χ3n) is 1.64. The van der Waals surface area contributed by atoms with Crippen molar-refractivity contribution >= 4 is 11.6 Å². The molecule has 2 atom stereocenters. The zero-order chi connectivity index (χ0) is 10.5. The number of methoxy groups -OCH3 is 2. The van der Waals surface area contributed by atoms with E-state index in [2.05, 4.69) is 0 Å². The van der Waals surface area contributed by atoms with Crippen molar-refractivity contribution in [2.45, 2.75) is 30.7 Å². The summed E-state index contributed by atoms with van der Waals surface area (Å²) in [6, 6.07) is 1.46. The van der Waals surface area contributed by atoms with E-state index in [9.17, 15) is 4.39 Å². The van der Waals surface area contributed by atoms with E-state index in [0.717, 1.165) is 0 Å². The summed E-state index contributed by atoms with van der Waals surface area (Å²) in [5.41, 5.74) is 0. The molecule has 0 aromatic heterocycles. The molecule has 0 radical (unpaired) electrons. The Morgan fingerprint density at radius 1 is 1.54 bits per heavy atom. The fourth-order valence-electron chi connectivity index (χ4n) is 1.08. The molecular weight excluding hydrogens is 197 g/mol. The quantitative estimate of drug-likeness (QED) is 0.513. The number of alkyl halides is 2. The summed E-state index contributed by atoms with van der Waals surface area (Å²) in [5, 5.41) is 8.26. The fourth-order valence-corrected chi connectivity index (χ4v) is 1.39. The molecule has 0 aliphatic carbocycles. The van der Waals surface area contributed by atoms with Gasteiger partial charge in [0.15, 0.2) is 12.5 Å². The van der Waals surface area contributed by atoms with Crippen LogP contribution >= 0.6 is 11.6 Å². The molecule has 0 saturated heterocycles. The largest absolute Gasteiger partial charge is 0.354 e. The van der Waals surface area contributed by atoms with Gasteiger partial charge in [-0.2, -0.15) is 5.26 Å². The van der Waals surface area contributed by atoms with Crippen molar-refractivity contribution in [3.63, 3.8) is 0 Å². The van der Waals surface area contributed by atoms with Crippen molar-refractivity contribution in [2.24, 2.45) is 0 Å². The lowest BCUT2D eigenvalue weighted by molar-refractivity contribution is -0.127. The molecule has 5 heteroatoms. The second-order valence-corrected chi connectivity index (χ2v) is 3.75. The van der Waals surface area contributed by atoms with Crippen LogP contribution in [-0.4, -0.2) is 31.6 Å². The van der Waals surface area contributed by atoms with Gasteiger partial charge in [-0.15, -0.1) is 11.6 Å². The Balaban J connectivity index is 4.28. The minimum absolute atomic E-state index is 0.128. The van der Waals surface area contributed by atoms with Crippen molar-refractivity contribution in [1.82, 2.24) is 0 Å². The number of hydrogen-bond acceptors (Lipinski definition) is 3. The first kappa shape index (κ1) is 12.6. The molecule has 76 valence electrons. The van der Waals surface area contributed by atoms with Gasteiger partial charge in [-0.1, -0.05) is 0 Å². The number of nitrogens with zero attached hydrogens (tertiary/aromatic N) is 1. The average Bonchev–Trinajstić information content (AvgIpc) is 2.05. The van der Waals surface area contributed by atoms with E-state index in [1.165, 1.54) is 20.3 Å². The van der Waals surface area contributed by atoms with Gasteiger partial charge in [0.2, 0.25) is 0 Å². The van der Waals surface area contributed by atoms with Crippen LogP contribution in [0.5, 0.6) is 0 Å². The molecule has 0 N–H and O–H groups in total. The second kappa shape index (κ2) is 5.38. The molecule has 0 spiro atoms. The number of rotatable bonds is 5. The molecule has 0 heterocycles. The van der Waals surface area contributed by atoms with Crippen molar-refractivity contribution in [1.29, 1.82) is 5.26 Å². The van der Waals surface area contributed by atoms with Crippen molar-refractivity contribution < 1.29 is 13.9 Å². The number of hydrogen-bond donors (Lipinski definition) is 0. The molecule has 0 rings (SSSR count). The van der Waals surface area contributed by atoms with Gasteiger partial charge in [-0.05, 0) is 6.92 Å². The lowest BCUT2D eigenvalue weighted by atomic mass is 10.0. The van der Waals surface area contributed by atoms with Gasteiger partial charge in [0.25, 0.3) is 0 Å². The molecule has 0 bridgehead atoms. The maximum absolute atomic E-state index is 12.7. The lowest BCUT2D eigenvalue weighted by Gasteiger charge is -2.29. The Labute approximate surface area is 82.4 Å². The summed E-state index contributed by atoms with van der Waals surface area (Å²) in [6.45, 7) is 1.57. The van der Waals surface area contributed by atoms with E-state index < -0.39 is 17.3 Å². The standard InChI is InChI=1S/C8H13ClFNO2/c1-8(9,4-6(10)5-11)7(12-2)13-3/h6-7H,4H2,1-3H3. The Morgan fingerprint density at radius 3 is 2.31 bits per heavy atom. The Hall–Kier alpha value is -0.370. The zero-order valence-electron chi connectivity index (χ0n) is 7.88. The first-order valence-electron chi connectivity index (χ1n) is 3.76. The van der Waals surface area contributed by atoms with E-state index in [-0.39, 0.29) is 6.42 Å². The predicted molar refractivity (Wildman–Crippen MR) is 47.2 cm³/mol. The Bertz CT molecular complexity index is 189. The van der Waals surface area contributed by atoms with Crippen molar-refractivity contribution in [2.75, 3.05) is 14.2 Å². The van der Waals surface area contributed by atoms with Crippen LogP contribution in [0.2, 0.25) is 0 Å². The lowest BCUT2D eigenvalue weighted by Crippen LogP contribution is -2.38. The Morgan fingerprint density at radius 2 is 2.00 bits per heavy atom. The highest BCUT2D eigenvalue weighted by molar-refractivity contribution is 6.24. The normalized spacial score (nSPS) is 17.9. The monoisotopic (exact) mass is 209 g/mol. The van der Waals surface area contributed by atoms with Crippen LogP contribution in [0.1, 0.15) is 13.3 Å². The molecule has 0 aromatic rings. The van der Waals surface area contributed by atoms with Crippen LogP contribution < -0.4 is 0 Å². The minimum atomic E-state index is -1.60. The minimum Gasteiger partial charge on any atom is -0.354 e. The molecule has 3 nitrogen and oxygen atoms in total. The highest BCUT2D eigenvalue weighted by Gasteiger charge is 2.35. The predicted octanol–water partition coefficient (Wildman–Crippen LogP) is 1.85. The third-order valence-corrected chi connectivity index (χ3v) is 1.97. The third kappa shape index (κ3) is 3.90. The molecular formula is C8H13ClFNO2. The molecule has 0 fully saturated rings. The highest BCUT2D eigenvalue weighted by Crippen LogP contribution is 2.28. The summed E-state index contributed by atoms with van der Waals surface area (Å²) in [6.07, 6.45) is -2.45. The maximum Gasteiger partial charge on any atom is 0.188 e. The topological polar surface area (TPSA) is 42.2 Å². The average molecular weight is 210 g/mol. The summed E-state index contributed by atoms with van der Waals surface area (Å²) < 4.78 is 22.5. The van der Waals surface area contributed by atoms with Crippen LogP contribution in [0.4, 0.5) is 4.39 Å². The molecule has 0 aliphatic heterocycles. The van der Waals surface area contributed by atoms with E-state index in [4.69, 9.17) is 26.3 Å². The van der Waals surface area contributed by atoms with E-state index in [1.807, 2.05) is 0 Å². The van der Waals surface area contributed by atoms with E-state index in [1.54, 1.807) is 6.92 Å². The van der Waals surface area contributed by atoms with Gasteiger partial charge in [-0.25, -0.2) is 4.39 Å². The summed E-state index contributed by atoms with van der Waals surface area (Å²) in [5.74, 6) is 0. The van der Waals surface area contributed by atoms with Gasteiger partial charge in [0, 0.05) is 20.6 Å². The molecule has 13 heavy (non-hydrogen) atoms. The molecule has 0 aromatic carbocycles. The second-order valence-electron chi connectivity index (χ2n) is 2.88. The van der Waals surface area contributed by atoms with Crippen LogP contribution in [0.25, 0.3) is 0 Å². The highest BCUT2D eigenvalue weighted by atomic mass is 35.5. The number of ether oxygens (including phenoxy) is 2. The molecule has 0 amide bonds. The van der Waals surface area contributed by atoms with Crippen LogP contribution in [0, 0.1) is 11.3 Å². The van der Waals surface area contributed by atoms with E-state index in [0.29, 0.717) is 0 Å². The zero-order valence-corrected chi connectivity index (χ0v) is 8.64. The SMILES string of the molecule is COC(OC)C(C)(Cl)CC(F)C#N. The summed E-state index contributed by atoms with van der Waals surface area (Å²) in [7, 11) is 2.82. The maximum atomic E-state index is 12.7. The van der Waals surface area contributed by atoms with Crippen LogP contribution in [-0.2, 0) is 9.47 Å². The molecule has 2 unspecified atom stereocenters. The van der Waals surface area contributed by atoms with Gasteiger partial charge < -0.3 is 9.47 Å².